The smallest absolute Gasteiger partial charge is 0.255 e. The van der Waals surface area contributed by atoms with Crippen LogP contribution < -0.4 is 4.74 Å². The van der Waals surface area contributed by atoms with E-state index >= 15 is 0 Å². The Labute approximate surface area is 119 Å². The first-order valence-corrected chi connectivity index (χ1v) is 6.46. The van der Waals surface area contributed by atoms with E-state index in [0.29, 0.717) is 15.2 Å². The van der Waals surface area contributed by atoms with Gasteiger partial charge in [-0.05, 0) is 40.2 Å². The lowest BCUT2D eigenvalue weighted by Crippen LogP contribution is -1.92. The topological polar surface area (TPSA) is 22.1 Å². The van der Waals surface area contributed by atoms with Crippen molar-refractivity contribution in [2.75, 3.05) is 0 Å². The van der Waals surface area contributed by atoms with Crippen molar-refractivity contribution in [3.8, 4) is 11.6 Å². The highest BCUT2D eigenvalue weighted by molar-refractivity contribution is 9.10. The largest absolute Gasteiger partial charge is 0.435 e. The standard InChI is InChI=1S/C11H5Br2ClFNO/c12-6-1-2-8(14)10(4-6)17-11-9(15)3-7(13)5-16-11/h1-5H. The van der Waals surface area contributed by atoms with Crippen molar-refractivity contribution in [2.24, 2.45) is 0 Å². The molecule has 1 aromatic carbocycles. The highest BCUT2D eigenvalue weighted by atomic mass is 79.9. The predicted molar refractivity (Wildman–Crippen MR) is 71.1 cm³/mol. The van der Waals surface area contributed by atoms with Crippen LogP contribution in [0.3, 0.4) is 0 Å². The van der Waals surface area contributed by atoms with Crippen LogP contribution in [-0.2, 0) is 0 Å². The van der Waals surface area contributed by atoms with Crippen molar-refractivity contribution in [3.63, 3.8) is 0 Å². The summed E-state index contributed by atoms with van der Waals surface area (Å²) >= 11 is 12.3. The number of nitrogens with zero attached hydrogens (tertiary/aromatic N) is 1. The minimum absolute atomic E-state index is 0.117. The van der Waals surface area contributed by atoms with Crippen LogP contribution >= 0.6 is 43.5 Å². The molecule has 2 nitrogen and oxygen atoms in total. The molecule has 0 amide bonds. The lowest BCUT2D eigenvalue weighted by Gasteiger charge is -2.07. The van der Waals surface area contributed by atoms with E-state index in [0.717, 1.165) is 4.47 Å². The Balaban J connectivity index is 2.34. The Bertz CT molecular complexity index is 565. The highest BCUT2D eigenvalue weighted by Crippen LogP contribution is 2.32. The van der Waals surface area contributed by atoms with Crippen LogP contribution in [0.4, 0.5) is 4.39 Å². The van der Waals surface area contributed by atoms with Gasteiger partial charge in [0.2, 0.25) is 0 Å². The maximum Gasteiger partial charge on any atom is 0.255 e. The molecule has 6 heteroatoms. The van der Waals surface area contributed by atoms with E-state index in [-0.39, 0.29) is 5.88 Å². The summed E-state index contributed by atoms with van der Waals surface area (Å²) in [7, 11) is 0. The summed E-state index contributed by atoms with van der Waals surface area (Å²) in [6.45, 7) is 0. The molecule has 0 N–H and O–H groups in total. The molecular weight excluding hydrogens is 376 g/mol. The number of aromatic nitrogens is 1. The first kappa shape index (κ1) is 12.8. The van der Waals surface area contributed by atoms with Crippen molar-refractivity contribution in [1.82, 2.24) is 4.98 Å². The van der Waals surface area contributed by atoms with Crippen LogP contribution in [0.1, 0.15) is 0 Å². The molecule has 0 bridgehead atoms. The van der Waals surface area contributed by atoms with Gasteiger partial charge in [0.05, 0.1) is 5.02 Å². The van der Waals surface area contributed by atoms with Gasteiger partial charge < -0.3 is 4.74 Å². The summed E-state index contributed by atoms with van der Waals surface area (Å²) in [6, 6.07) is 6.33. The number of pyridine rings is 1. The number of hydrogen-bond donors (Lipinski definition) is 0. The van der Waals surface area contributed by atoms with Crippen LogP contribution in [0.2, 0.25) is 5.02 Å². The van der Waals surface area contributed by atoms with Gasteiger partial charge in [-0.25, -0.2) is 9.37 Å². The van der Waals surface area contributed by atoms with Crippen molar-refractivity contribution in [2.45, 2.75) is 0 Å². The molecule has 0 aliphatic heterocycles. The lowest BCUT2D eigenvalue weighted by molar-refractivity contribution is 0.422. The van der Waals surface area contributed by atoms with Crippen molar-refractivity contribution >= 4 is 43.5 Å². The first-order chi connectivity index (χ1) is 8.06. The minimum Gasteiger partial charge on any atom is -0.435 e. The molecule has 0 aliphatic carbocycles. The fourth-order valence-corrected chi connectivity index (χ4v) is 1.94. The van der Waals surface area contributed by atoms with Gasteiger partial charge in [0.15, 0.2) is 5.82 Å². The third-order valence-electron chi connectivity index (χ3n) is 1.87. The third kappa shape index (κ3) is 3.18. The molecule has 0 aliphatic rings. The van der Waals surface area contributed by atoms with Gasteiger partial charge in [-0.3, -0.25) is 0 Å². The van der Waals surface area contributed by atoms with E-state index in [1.165, 1.54) is 12.3 Å². The molecule has 2 rings (SSSR count). The highest BCUT2D eigenvalue weighted by Gasteiger charge is 2.10. The number of hydrogen-bond acceptors (Lipinski definition) is 2. The molecule has 0 spiro atoms. The van der Waals surface area contributed by atoms with Gasteiger partial charge in [0.1, 0.15) is 5.75 Å². The SMILES string of the molecule is Fc1cc(Br)cnc1Oc1cc(Br)ccc1Cl. The Hall–Kier alpha value is -0.650. The molecule has 0 radical (unpaired) electrons. The second-order valence-corrected chi connectivity index (χ2v) is 5.36. The summed E-state index contributed by atoms with van der Waals surface area (Å²) in [5.41, 5.74) is 0. The molecule has 0 saturated heterocycles. The maximum absolute atomic E-state index is 13.5. The van der Waals surface area contributed by atoms with Crippen molar-refractivity contribution < 1.29 is 9.13 Å². The Morgan fingerprint density at radius 3 is 2.65 bits per heavy atom. The Kier molecular flexibility index (Phi) is 4.01. The van der Waals surface area contributed by atoms with Crippen LogP contribution in [0.25, 0.3) is 0 Å². The van der Waals surface area contributed by atoms with E-state index in [9.17, 15) is 4.39 Å². The zero-order chi connectivity index (χ0) is 12.4. The van der Waals surface area contributed by atoms with Crippen molar-refractivity contribution in [1.29, 1.82) is 0 Å². The zero-order valence-electron chi connectivity index (χ0n) is 8.25. The van der Waals surface area contributed by atoms with E-state index in [2.05, 4.69) is 36.8 Å². The van der Waals surface area contributed by atoms with Crippen LogP contribution in [0.5, 0.6) is 11.6 Å². The molecule has 1 aromatic heterocycles. The Morgan fingerprint density at radius 2 is 1.94 bits per heavy atom. The zero-order valence-corrected chi connectivity index (χ0v) is 12.2. The van der Waals surface area contributed by atoms with Gasteiger partial charge >= 0.3 is 0 Å². The molecular formula is C11H5Br2ClFNO. The second kappa shape index (κ2) is 5.33. The van der Waals surface area contributed by atoms with E-state index < -0.39 is 5.82 Å². The summed E-state index contributed by atoms with van der Waals surface area (Å²) in [6.07, 6.45) is 1.45. The Morgan fingerprint density at radius 1 is 1.18 bits per heavy atom. The van der Waals surface area contributed by atoms with E-state index in [1.54, 1.807) is 18.2 Å². The third-order valence-corrected chi connectivity index (χ3v) is 3.11. The number of rotatable bonds is 2. The normalized spacial score (nSPS) is 10.4. The minimum atomic E-state index is -0.560. The van der Waals surface area contributed by atoms with Gasteiger partial charge in [0.25, 0.3) is 5.88 Å². The molecule has 88 valence electrons. The van der Waals surface area contributed by atoms with Gasteiger partial charge in [-0.1, -0.05) is 27.5 Å². The van der Waals surface area contributed by atoms with Crippen LogP contribution in [0.15, 0.2) is 39.4 Å². The molecule has 0 saturated carbocycles. The van der Waals surface area contributed by atoms with Gasteiger partial charge in [0, 0.05) is 15.1 Å². The van der Waals surface area contributed by atoms with Crippen LogP contribution in [0, 0.1) is 5.82 Å². The monoisotopic (exact) mass is 379 g/mol. The summed E-state index contributed by atoms with van der Waals surface area (Å²) < 4.78 is 20.1. The summed E-state index contributed by atoms with van der Waals surface area (Å²) in [5.74, 6) is -0.335. The van der Waals surface area contributed by atoms with E-state index in [1.807, 2.05) is 0 Å². The summed E-state index contributed by atoms with van der Waals surface area (Å²) in [5, 5.41) is 0.386. The first-order valence-electron chi connectivity index (χ1n) is 4.50. The molecule has 17 heavy (non-hydrogen) atoms. The van der Waals surface area contributed by atoms with Gasteiger partial charge in [-0.2, -0.15) is 0 Å². The number of benzene rings is 1. The van der Waals surface area contributed by atoms with E-state index in [4.69, 9.17) is 16.3 Å². The fourth-order valence-electron chi connectivity index (χ4n) is 1.14. The molecule has 0 unspecified atom stereocenters. The average Bonchev–Trinajstić information content (AvgIpc) is 2.27. The maximum atomic E-state index is 13.5. The average molecular weight is 381 g/mol. The fraction of sp³-hybridized carbons (Fsp3) is 0. The van der Waals surface area contributed by atoms with Crippen molar-refractivity contribution in [3.05, 3.63) is 50.2 Å². The number of halogens is 4. The molecule has 2 aromatic rings. The number of ether oxygens (including phenoxy) is 1. The second-order valence-electron chi connectivity index (χ2n) is 3.12. The lowest BCUT2D eigenvalue weighted by atomic mass is 10.3. The molecule has 1 heterocycles. The molecule has 0 fully saturated rings. The quantitative estimate of drug-likeness (QED) is 0.714. The summed E-state index contributed by atoms with van der Waals surface area (Å²) in [4.78, 5) is 3.83. The molecule has 0 atom stereocenters. The predicted octanol–water partition coefficient (Wildman–Crippen LogP) is 5.19. The van der Waals surface area contributed by atoms with Crippen LogP contribution in [-0.4, -0.2) is 4.98 Å². The van der Waals surface area contributed by atoms with Gasteiger partial charge in [-0.15, -0.1) is 0 Å².